The first-order valence-electron chi connectivity index (χ1n) is 11.4. The van der Waals surface area contributed by atoms with E-state index in [4.69, 9.17) is 4.84 Å². The summed E-state index contributed by atoms with van der Waals surface area (Å²) in [6.07, 6.45) is 8.17. The van der Waals surface area contributed by atoms with Crippen LogP contribution in [0.3, 0.4) is 0 Å². The zero-order chi connectivity index (χ0) is 23.3. The maximum absolute atomic E-state index is 13.3. The summed E-state index contributed by atoms with van der Waals surface area (Å²) in [4.78, 5) is 36.9. The number of nitrogens with zero attached hydrogens (tertiary/aromatic N) is 3. The van der Waals surface area contributed by atoms with Gasteiger partial charge in [0.2, 0.25) is 5.91 Å². The number of rotatable bonds is 6. The highest BCUT2D eigenvalue weighted by atomic mass is 16.6. The third-order valence-electron chi connectivity index (χ3n) is 6.44. The third kappa shape index (κ3) is 5.39. The lowest BCUT2D eigenvalue weighted by atomic mass is 9.85. The molecule has 1 aliphatic heterocycles. The minimum Gasteiger partial charge on any atom is -0.399 e. The molecule has 174 valence electrons. The smallest absolute Gasteiger partial charge is 0.254 e. The molecule has 2 amide bonds. The number of benzene rings is 1. The second-order valence-electron chi connectivity index (χ2n) is 8.81. The molecule has 1 saturated heterocycles. The van der Waals surface area contributed by atoms with E-state index >= 15 is 0 Å². The highest BCUT2D eigenvalue weighted by Gasteiger charge is 2.39. The predicted octanol–water partition coefficient (Wildman–Crippen LogP) is 2.78. The molecule has 1 aromatic heterocycles. The summed E-state index contributed by atoms with van der Waals surface area (Å²) < 4.78 is 0. The van der Waals surface area contributed by atoms with Gasteiger partial charge in [-0.2, -0.15) is 0 Å². The molecule has 2 N–H and O–H groups in total. The molecule has 0 spiro atoms. The third-order valence-corrected chi connectivity index (χ3v) is 6.44. The first-order chi connectivity index (χ1) is 16.0. The summed E-state index contributed by atoms with van der Waals surface area (Å²) in [6.45, 7) is 0.417. The van der Waals surface area contributed by atoms with Gasteiger partial charge >= 0.3 is 0 Å². The lowest BCUT2D eigenvalue weighted by molar-refractivity contribution is -0.126. The first-order valence-corrected chi connectivity index (χ1v) is 11.4. The number of aromatic nitrogens is 1. The van der Waals surface area contributed by atoms with Crippen molar-refractivity contribution < 1.29 is 19.5 Å². The van der Waals surface area contributed by atoms with E-state index in [1.807, 2.05) is 24.3 Å². The van der Waals surface area contributed by atoms with Crippen LogP contribution < -0.4 is 5.32 Å². The molecule has 1 aromatic carbocycles. The Kier molecular flexibility index (Phi) is 7.03. The Bertz CT molecular complexity index is 1000. The molecule has 8 heteroatoms. The van der Waals surface area contributed by atoms with Crippen molar-refractivity contribution in [2.75, 3.05) is 20.2 Å². The van der Waals surface area contributed by atoms with Gasteiger partial charge in [-0.05, 0) is 42.2 Å². The Balaban J connectivity index is 1.48. The molecule has 0 unspecified atom stereocenters. The number of aliphatic hydroxyl groups is 1. The second kappa shape index (κ2) is 10.1. The molecule has 2 fully saturated rings. The van der Waals surface area contributed by atoms with Crippen LogP contribution in [-0.4, -0.2) is 64.4 Å². The van der Waals surface area contributed by atoms with Crippen molar-refractivity contribution in [2.24, 2.45) is 5.16 Å². The van der Waals surface area contributed by atoms with Crippen LogP contribution in [0.5, 0.6) is 0 Å². The molecule has 2 aliphatic rings. The summed E-state index contributed by atoms with van der Waals surface area (Å²) in [5.74, 6) is -0.527. The SMILES string of the molecule is CO/N=C1/C[C@@H](C(=O)NCC2(O)CCCCC2)N(C(=O)c2ccc(-c3cccnc3)cc2)C1. The topological polar surface area (TPSA) is 104 Å². The largest absolute Gasteiger partial charge is 0.399 e. The first kappa shape index (κ1) is 22.9. The van der Waals surface area contributed by atoms with Gasteiger partial charge in [0, 0.05) is 30.9 Å². The summed E-state index contributed by atoms with van der Waals surface area (Å²) >= 11 is 0. The summed E-state index contributed by atoms with van der Waals surface area (Å²) in [5.41, 5.74) is 2.18. The van der Waals surface area contributed by atoms with Gasteiger partial charge < -0.3 is 20.2 Å². The minimum absolute atomic E-state index is 0.195. The minimum atomic E-state index is -0.868. The number of pyridine rings is 1. The monoisotopic (exact) mass is 450 g/mol. The molecule has 2 aromatic rings. The van der Waals surface area contributed by atoms with E-state index in [2.05, 4.69) is 15.5 Å². The Labute approximate surface area is 193 Å². The van der Waals surface area contributed by atoms with Gasteiger partial charge in [-0.15, -0.1) is 0 Å². The average Bonchev–Trinajstić information content (AvgIpc) is 3.27. The molecule has 2 heterocycles. The van der Waals surface area contributed by atoms with Gasteiger partial charge in [0.05, 0.1) is 17.9 Å². The fourth-order valence-corrected chi connectivity index (χ4v) is 4.61. The highest BCUT2D eigenvalue weighted by molar-refractivity contribution is 6.05. The van der Waals surface area contributed by atoms with Crippen molar-refractivity contribution in [1.82, 2.24) is 15.2 Å². The van der Waals surface area contributed by atoms with E-state index in [0.717, 1.165) is 30.4 Å². The molecule has 1 aliphatic carbocycles. The van der Waals surface area contributed by atoms with Crippen molar-refractivity contribution in [1.29, 1.82) is 0 Å². The van der Waals surface area contributed by atoms with Crippen molar-refractivity contribution in [3.8, 4) is 11.1 Å². The van der Waals surface area contributed by atoms with E-state index in [9.17, 15) is 14.7 Å². The molecular formula is C25H30N4O4. The van der Waals surface area contributed by atoms with Gasteiger partial charge in [-0.1, -0.05) is 42.6 Å². The van der Waals surface area contributed by atoms with Crippen molar-refractivity contribution in [2.45, 2.75) is 50.2 Å². The van der Waals surface area contributed by atoms with E-state index in [0.29, 0.717) is 30.5 Å². The van der Waals surface area contributed by atoms with Crippen LogP contribution in [0.1, 0.15) is 48.9 Å². The molecular weight excluding hydrogens is 420 g/mol. The number of amides is 2. The molecule has 4 rings (SSSR count). The number of likely N-dealkylation sites (tertiary alicyclic amines) is 1. The number of oxime groups is 1. The van der Waals surface area contributed by atoms with Crippen molar-refractivity contribution >= 4 is 17.5 Å². The zero-order valence-corrected chi connectivity index (χ0v) is 18.9. The van der Waals surface area contributed by atoms with Crippen LogP contribution in [0.15, 0.2) is 53.9 Å². The van der Waals surface area contributed by atoms with Crippen molar-refractivity contribution in [3.63, 3.8) is 0 Å². The summed E-state index contributed by atoms with van der Waals surface area (Å²) in [5, 5.41) is 17.6. The van der Waals surface area contributed by atoms with E-state index in [-0.39, 0.29) is 24.9 Å². The molecule has 8 nitrogen and oxygen atoms in total. The maximum Gasteiger partial charge on any atom is 0.254 e. The van der Waals surface area contributed by atoms with Crippen LogP contribution in [0.25, 0.3) is 11.1 Å². The Morgan fingerprint density at radius 2 is 1.94 bits per heavy atom. The van der Waals surface area contributed by atoms with Gasteiger partial charge in [0.25, 0.3) is 5.91 Å². The van der Waals surface area contributed by atoms with E-state index in [1.54, 1.807) is 24.5 Å². The fraction of sp³-hybridized carbons (Fsp3) is 0.440. The van der Waals surface area contributed by atoms with Gasteiger partial charge in [-0.3, -0.25) is 14.6 Å². The van der Waals surface area contributed by atoms with E-state index in [1.165, 1.54) is 12.0 Å². The zero-order valence-electron chi connectivity index (χ0n) is 18.9. The summed E-state index contributed by atoms with van der Waals surface area (Å²) in [7, 11) is 1.45. The van der Waals surface area contributed by atoms with Crippen LogP contribution in [0.2, 0.25) is 0 Å². The second-order valence-corrected chi connectivity index (χ2v) is 8.81. The van der Waals surface area contributed by atoms with Gasteiger partial charge in [0.1, 0.15) is 13.2 Å². The Hall–Kier alpha value is -3.26. The molecule has 33 heavy (non-hydrogen) atoms. The highest BCUT2D eigenvalue weighted by Crippen LogP contribution is 2.28. The number of carbonyl (C=O) groups is 2. The molecule has 0 radical (unpaired) electrons. The Morgan fingerprint density at radius 1 is 1.18 bits per heavy atom. The predicted molar refractivity (Wildman–Crippen MR) is 125 cm³/mol. The number of nitrogens with one attached hydrogen (secondary N) is 1. The van der Waals surface area contributed by atoms with Gasteiger partial charge in [-0.25, -0.2) is 0 Å². The quantitative estimate of drug-likeness (QED) is 0.659. The van der Waals surface area contributed by atoms with E-state index < -0.39 is 11.6 Å². The number of hydrogen-bond acceptors (Lipinski definition) is 6. The lowest BCUT2D eigenvalue weighted by Gasteiger charge is -2.33. The lowest BCUT2D eigenvalue weighted by Crippen LogP contribution is -2.50. The average molecular weight is 451 g/mol. The normalized spacial score (nSPS) is 21.1. The number of hydrogen-bond donors (Lipinski definition) is 2. The fourth-order valence-electron chi connectivity index (χ4n) is 4.61. The standard InChI is InChI=1S/C25H30N4O4/c1-33-28-21-14-22(23(30)27-17-25(32)11-3-2-4-12-25)29(16-21)24(31)19-9-7-18(8-10-19)20-6-5-13-26-15-20/h5-10,13,15,22,32H,2-4,11-12,14,16-17H2,1H3,(H,27,30)/b28-21-/t22-/m0/s1. The van der Waals surface area contributed by atoms with Crippen LogP contribution in [0, 0.1) is 0 Å². The molecule has 1 atom stereocenters. The van der Waals surface area contributed by atoms with Crippen LogP contribution in [0.4, 0.5) is 0 Å². The molecule has 0 bridgehead atoms. The Morgan fingerprint density at radius 3 is 2.61 bits per heavy atom. The van der Waals surface area contributed by atoms with Crippen LogP contribution in [-0.2, 0) is 9.63 Å². The maximum atomic E-state index is 13.3. The van der Waals surface area contributed by atoms with Crippen molar-refractivity contribution in [3.05, 3.63) is 54.4 Å². The molecule has 1 saturated carbocycles. The summed E-state index contributed by atoms with van der Waals surface area (Å²) in [6, 6.07) is 10.4. The van der Waals surface area contributed by atoms with Crippen LogP contribution >= 0.6 is 0 Å². The van der Waals surface area contributed by atoms with Gasteiger partial charge in [0.15, 0.2) is 0 Å². The number of carbonyl (C=O) groups excluding carboxylic acids is 2.